The maximum Gasteiger partial charge on any atom is 0.331 e. The van der Waals surface area contributed by atoms with E-state index in [1.54, 1.807) is 25.3 Å². The van der Waals surface area contributed by atoms with Crippen molar-refractivity contribution in [1.82, 2.24) is 15.0 Å². The quantitative estimate of drug-likeness (QED) is 0.383. The molecule has 32 heavy (non-hydrogen) atoms. The van der Waals surface area contributed by atoms with Gasteiger partial charge >= 0.3 is 5.97 Å². The molecule has 0 saturated carbocycles. The van der Waals surface area contributed by atoms with Gasteiger partial charge in [-0.05, 0) is 49.2 Å². The van der Waals surface area contributed by atoms with E-state index in [9.17, 15) is 4.79 Å². The average Bonchev–Trinajstić information content (AvgIpc) is 2.78. The van der Waals surface area contributed by atoms with E-state index in [4.69, 9.17) is 19.9 Å². The van der Waals surface area contributed by atoms with Crippen LogP contribution in [-0.2, 0) is 16.1 Å². The molecule has 9 nitrogen and oxygen atoms in total. The molecule has 0 bridgehead atoms. The van der Waals surface area contributed by atoms with E-state index in [0.717, 1.165) is 16.8 Å². The maximum absolute atomic E-state index is 12.1. The standard InChI is InChI=1S/C23H25N5O4/c1-4-31-18-11-9-16(13-19(18)30-3)10-12-21(29)32-14-20-26-22(24)28-23(27-20)25-17-8-6-5-7-15(17)2/h5-13H,4,14H2,1-3H3,(H3,24,25,26,27,28)/b12-10+. The molecule has 0 amide bonds. The van der Waals surface area contributed by atoms with Gasteiger partial charge in [-0.3, -0.25) is 0 Å². The van der Waals surface area contributed by atoms with Crippen LogP contribution in [-0.4, -0.2) is 34.6 Å². The van der Waals surface area contributed by atoms with Crippen LogP contribution in [0, 0.1) is 6.92 Å². The molecular formula is C23H25N5O4. The molecule has 3 rings (SSSR count). The predicted octanol–water partition coefficient (Wildman–Crippen LogP) is 3.67. The zero-order chi connectivity index (χ0) is 22.9. The van der Waals surface area contributed by atoms with Gasteiger partial charge in [-0.25, -0.2) is 4.79 Å². The third-order valence-electron chi connectivity index (χ3n) is 4.33. The number of nitrogens with one attached hydrogen (secondary N) is 1. The minimum atomic E-state index is -0.551. The lowest BCUT2D eigenvalue weighted by atomic mass is 10.2. The van der Waals surface area contributed by atoms with E-state index < -0.39 is 5.97 Å². The van der Waals surface area contributed by atoms with E-state index in [0.29, 0.717) is 18.1 Å². The van der Waals surface area contributed by atoms with Crippen molar-refractivity contribution in [2.45, 2.75) is 20.5 Å². The van der Waals surface area contributed by atoms with Crippen LogP contribution in [0.15, 0.2) is 48.5 Å². The van der Waals surface area contributed by atoms with Crippen LogP contribution in [0.1, 0.15) is 23.9 Å². The molecule has 9 heteroatoms. The fourth-order valence-electron chi connectivity index (χ4n) is 2.80. The molecule has 0 fully saturated rings. The van der Waals surface area contributed by atoms with Crippen molar-refractivity contribution in [3.8, 4) is 11.5 Å². The van der Waals surface area contributed by atoms with Gasteiger partial charge in [0.25, 0.3) is 0 Å². The highest BCUT2D eigenvalue weighted by Gasteiger charge is 2.09. The summed E-state index contributed by atoms with van der Waals surface area (Å²) >= 11 is 0. The van der Waals surface area contributed by atoms with Gasteiger partial charge in [-0.15, -0.1) is 0 Å². The summed E-state index contributed by atoms with van der Waals surface area (Å²) in [6.07, 6.45) is 2.93. The summed E-state index contributed by atoms with van der Waals surface area (Å²) in [5.74, 6) is 1.20. The second-order valence-corrected chi connectivity index (χ2v) is 6.66. The Hall–Kier alpha value is -4.14. The summed E-state index contributed by atoms with van der Waals surface area (Å²) in [6, 6.07) is 13.1. The molecule has 166 valence electrons. The number of hydrogen-bond donors (Lipinski definition) is 2. The number of carbonyl (C=O) groups excluding carboxylic acids is 1. The number of aromatic nitrogens is 3. The van der Waals surface area contributed by atoms with E-state index >= 15 is 0 Å². The Morgan fingerprint density at radius 3 is 2.69 bits per heavy atom. The molecule has 3 aromatic rings. The first kappa shape index (κ1) is 22.5. The minimum absolute atomic E-state index is 0.0270. The fraction of sp³-hybridized carbons (Fsp3) is 0.217. The molecule has 1 aromatic heterocycles. The third kappa shape index (κ3) is 6.18. The molecule has 2 aromatic carbocycles. The molecule has 0 aliphatic carbocycles. The van der Waals surface area contributed by atoms with Gasteiger partial charge in [0.15, 0.2) is 23.9 Å². The number of ether oxygens (including phenoxy) is 3. The number of nitrogens with zero attached hydrogens (tertiary/aromatic N) is 3. The summed E-state index contributed by atoms with van der Waals surface area (Å²) in [4.78, 5) is 24.5. The number of benzene rings is 2. The zero-order valence-corrected chi connectivity index (χ0v) is 18.2. The van der Waals surface area contributed by atoms with Crippen LogP contribution >= 0.6 is 0 Å². The summed E-state index contributed by atoms with van der Waals surface area (Å²) in [5.41, 5.74) is 8.40. The highest BCUT2D eigenvalue weighted by Crippen LogP contribution is 2.28. The van der Waals surface area contributed by atoms with E-state index in [1.165, 1.54) is 6.08 Å². The van der Waals surface area contributed by atoms with E-state index in [2.05, 4.69) is 20.3 Å². The monoisotopic (exact) mass is 435 g/mol. The first-order valence-corrected chi connectivity index (χ1v) is 9.97. The number of carbonyl (C=O) groups is 1. The topological polar surface area (TPSA) is 121 Å². The van der Waals surface area contributed by atoms with Crippen LogP contribution in [0.4, 0.5) is 17.6 Å². The van der Waals surface area contributed by atoms with Gasteiger partial charge in [0.1, 0.15) is 0 Å². The Labute approximate surface area is 186 Å². The Morgan fingerprint density at radius 2 is 1.94 bits per heavy atom. The van der Waals surface area contributed by atoms with Crippen LogP contribution in [0.2, 0.25) is 0 Å². The van der Waals surface area contributed by atoms with Gasteiger partial charge in [0.05, 0.1) is 13.7 Å². The highest BCUT2D eigenvalue weighted by atomic mass is 16.5. The van der Waals surface area contributed by atoms with Crippen molar-refractivity contribution in [3.63, 3.8) is 0 Å². The Kier molecular flexibility index (Phi) is 7.58. The summed E-state index contributed by atoms with van der Waals surface area (Å²) in [5, 5.41) is 3.09. The number of para-hydroxylation sites is 1. The second-order valence-electron chi connectivity index (χ2n) is 6.66. The minimum Gasteiger partial charge on any atom is -0.493 e. The van der Waals surface area contributed by atoms with E-state index in [1.807, 2.05) is 44.2 Å². The maximum atomic E-state index is 12.1. The van der Waals surface area contributed by atoms with Gasteiger partial charge < -0.3 is 25.3 Å². The Morgan fingerprint density at radius 1 is 1.12 bits per heavy atom. The molecule has 0 saturated heterocycles. The summed E-state index contributed by atoms with van der Waals surface area (Å²) < 4.78 is 16.0. The molecule has 0 spiro atoms. The number of nitrogens with two attached hydrogens (primary N) is 1. The van der Waals surface area contributed by atoms with Crippen molar-refractivity contribution >= 4 is 29.6 Å². The normalized spacial score (nSPS) is 10.7. The molecular weight excluding hydrogens is 410 g/mol. The smallest absolute Gasteiger partial charge is 0.331 e. The number of rotatable bonds is 9. The number of hydrogen-bond acceptors (Lipinski definition) is 9. The van der Waals surface area contributed by atoms with Crippen molar-refractivity contribution in [3.05, 3.63) is 65.5 Å². The van der Waals surface area contributed by atoms with Gasteiger partial charge in [0, 0.05) is 11.8 Å². The van der Waals surface area contributed by atoms with Gasteiger partial charge in [-0.1, -0.05) is 24.3 Å². The molecule has 1 heterocycles. The molecule has 0 unspecified atom stereocenters. The largest absolute Gasteiger partial charge is 0.493 e. The fourth-order valence-corrected chi connectivity index (χ4v) is 2.80. The van der Waals surface area contributed by atoms with Crippen LogP contribution < -0.4 is 20.5 Å². The lowest BCUT2D eigenvalue weighted by molar-refractivity contribution is -0.139. The zero-order valence-electron chi connectivity index (χ0n) is 18.2. The number of esters is 1. The van der Waals surface area contributed by atoms with E-state index in [-0.39, 0.29) is 24.3 Å². The lowest BCUT2D eigenvalue weighted by Gasteiger charge is -2.10. The first-order valence-electron chi connectivity index (χ1n) is 9.97. The van der Waals surface area contributed by atoms with Crippen LogP contribution in [0.25, 0.3) is 6.08 Å². The molecule has 0 radical (unpaired) electrons. The SMILES string of the molecule is CCOc1ccc(/C=C/C(=O)OCc2nc(N)nc(Nc3ccccc3C)n2)cc1OC. The number of aryl methyl sites for hydroxylation is 1. The second kappa shape index (κ2) is 10.8. The van der Waals surface area contributed by atoms with Gasteiger partial charge in [-0.2, -0.15) is 15.0 Å². The highest BCUT2D eigenvalue weighted by molar-refractivity contribution is 5.87. The third-order valence-corrected chi connectivity index (χ3v) is 4.33. The lowest BCUT2D eigenvalue weighted by Crippen LogP contribution is -2.10. The van der Waals surface area contributed by atoms with Crippen LogP contribution in [0.5, 0.6) is 11.5 Å². The van der Waals surface area contributed by atoms with Crippen molar-refractivity contribution in [1.29, 1.82) is 0 Å². The Bertz CT molecular complexity index is 1120. The summed E-state index contributed by atoms with van der Waals surface area (Å²) in [7, 11) is 1.56. The number of methoxy groups -OCH3 is 1. The number of anilines is 3. The average molecular weight is 435 g/mol. The van der Waals surface area contributed by atoms with Crippen molar-refractivity contribution in [2.24, 2.45) is 0 Å². The number of nitrogen functional groups attached to an aromatic ring is 1. The molecule has 3 N–H and O–H groups in total. The molecule has 0 atom stereocenters. The van der Waals surface area contributed by atoms with Crippen LogP contribution in [0.3, 0.4) is 0 Å². The van der Waals surface area contributed by atoms with Crippen molar-refractivity contribution < 1.29 is 19.0 Å². The summed E-state index contributed by atoms with van der Waals surface area (Å²) in [6.45, 7) is 4.24. The first-order chi connectivity index (χ1) is 15.5. The molecule has 0 aliphatic rings. The van der Waals surface area contributed by atoms with Crippen molar-refractivity contribution in [2.75, 3.05) is 24.8 Å². The van der Waals surface area contributed by atoms with Gasteiger partial charge in [0.2, 0.25) is 11.9 Å². The predicted molar refractivity (Wildman–Crippen MR) is 122 cm³/mol. The molecule has 0 aliphatic heterocycles. The Balaban J connectivity index is 1.62.